The molecule has 0 radical (unpaired) electrons. The third-order valence-electron chi connectivity index (χ3n) is 3.56. The molecule has 5 heteroatoms. The lowest BCUT2D eigenvalue weighted by molar-refractivity contribution is -0.384. The minimum Gasteiger partial charge on any atom is -0.423 e. The van der Waals surface area contributed by atoms with Gasteiger partial charge in [-0.05, 0) is 36.1 Å². The van der Waals surface area contributed by atoms with Gasteiger partial charge in [-0.25, -0.2) is 4.79 Å². The summed E-state index contributed by atoms with van der Waals surface area (Å²) in [5.41, 5.74) is 1.19. The molecule has 0 bridgehead atoms. The van der Waals surface area contributed by atoms with Crippen LogP contribution in [0.1, 0.15) is 42.1 Å². The van der Waals surface area contributed by atoms with Gasteiger partial charge in [0.05, 0.1) is 10.5 Å². The van der Waals surface area contributed by atoms with Gasteiger partial charge in [0.15, 0.2) is 0 Å². The second kappa shape index (κ2) is 6.85. The van der Waals surface area contributed by atoms with E-state index in [9.17, 15) is 14.9 Å². The minimum atomic E-state index is -0.611. The van der Waals surface area contributed by atoms with Gasteiger partial charge in [-0.15, -0.1) is 0 Å². The molecule has 1 unspecified atom stereocenters. The average molecular weight is 299 g/mol. The maximum atomic E-state index is 12.0. The molecular formula is C17H17NO4. The Morgan fingerprint density at radius 1 is 1.23 bits per heavy atom. The molecule has 0 spiro atoms. The highest BCUT2D eigenvalue weighted by atomic mass is 16.6. The number of nitro benzene ring substituents is 1. The monoisotopic (exact) mass is 299 g/mol. The predicted octanol–water partition coefficient (Wildman–Crippen LogP) is 4.33. The van der Waals surface area contributed by atoms with E-state index < -0.39 is 10.9 Å². The van der Waals surface area contributed by atoms with Gasteiger partial charge >= 0.3 is 5.97 Å². The Morgan fingerprint density at radius 3 is 2.50 bits per heavy atom. The molecule has 0 aliphatic heterocycles. The van der Waals surface area contributed by atoms with Gasteiger partial charge in [0, 0.05) is 12.1 Å². The zero-order chi connectivity index (χ0) is 16.1. The van der Waals surface area contributed by atoms with Crippen LogP contribution >= 0.6 is 0 Å². The number of carbonyl (C=O) groups excluding carboxylic acids is 1. The lowest BCUT2D eigenvalue weighted by atomic mass is 9.99. The topological polar surface area (TPSA) is 69.4 Å². The van der Waals surface area contributed by atoms with Crippen LogP contribution in [-0.2, 0) is 0 Å². The van der Waals surface area contributed by atoms with Crippen molar-refractivity contribution in [3.05, 3.63) is 69.8 Å². The normalized spacial score (nSPS) is 11.7. The van der Waals surface area contributed by atoms with Crippen molar-refractivity contribution in [1.82, 2.24) is 0 Å². The standard InChI is InChI=1S/C17H17NO4/c1-3-12(2)13-7-9-16(10-8-13)22-17(19)14-5-4-6-15(11-14)18(20)21/h4-12H,3H2,1-2H3. The minimum absolute atomic E-state index is 0.137. The molecule has 0 saturated heterocycles. The van der Waals surface area contributed by atoms with Crippen molar-refractivity contribution in [2.45, 2.75) is 26.2 Å². The van der Waals surface area contributed by atoms with E-state index in [0.29, 0.717) is 11.7 Å². The van der Waals surface area contributed by atoms with Crippen LogP contribution in [0.3, 0.4) is 0 Å². The van der Waals surface area contributed by atoms with E-state index in [1.165, 1.54) is 29.8 Å². The fourth-order valence-corrected chi connectivity index (χ4v) is 2.01. The van der Waals surface area contributed by atoms with Crippen molar-refractivity contribution in [2.24, 2.45) is 0 Å². The van der Waals surface area contributed by atoms with E-state index in [-0.39, 0.29) is 11.3 Å². The van der Waals surface area contributed by atoms with Crippen molar-refractivity contribution >= 4 is 11.7 Å². The Labute approximate surface area is 128 Å². The quantitative estimate of drug-likeness (QED) is 0.356. The summed E-state index contributed by atoms with van der Waals surface area (Å²) in [5.74, 6) is 0.255. The molecule has 5 nitrogen and oxygen atoms in total. The van der Waals surface area contributed by atoms with Crippen molar-refractivity contribution in [3.8, 4) is 5.75 Å². The third kappa shape index (κ3) is 3.69. The molecule has 0 N–H and O–H groups in total. The van der Waals surface area contributed by atoms with E-state index in [1.807, 2.05) is 12.1 Å². The van der Waals surface area contributed by atoms with E-state index in [2.05, 4.69) is 13.8 Å². The first kappa shape index (κ1) is 15.7. The molecule has 0 aliphatic rings. The molecule has 114 valence electrons. The highest BCUT2D eigenvalue weighted by Crippen LogP contribution is 2.22. The first-order chi connectivity index (χ1) is 10.5. The van der Waals surface area contributed by atoms with Crippen molar-refractivity contribution in [3.63, 3.8) is 0 Å². The maximum absolute atomic E-state index is 12.0. The van der Waals surface area contributed by atoms with Crippen molar-refractivity contribution < 1.29 is 14.5 Å². The summed E-state index contributed by atoms with van der Waals surface area (Å²) >= 11 is 0. The number of carbonyl (C=O) groups is 1. The molecule has 22 heavy (non-hydrogen) atoms. The number of ether oxygens (including phenoxy) is 1. The Kier molecular flexibility index (Phi) is 4.88. The van der Waals surface area contributed by atoms with Crippen molar-refractivity contribution in [1.29, 1.82) is 0 Å². The van der Waals surface area contributed by atoms with Crippen LogP contribution in [0.15, 0.2) is 48.5 Å². The van der Waals surface area contributed by atoms with Gasteiger partial charge < -0.3 is 4.74 Å². The molecule has 0 amide bonds. The molecule has 0 heterocycles. The molecule has 2 aromatic carbocycles. The van der Waals surface area contributed by atoms with Gasteiger partial charge in [-0.2, -0.15) is 0 Å². The number of non-ortho nitro benzene ring substituents is 1. The highest BCUT2D eigenvalue weighted by molar-refractivity contribution is 5.91. The molecule has 1 atom stereocenters. The zero-order valence-corrected chi connectivity index (χ0v) is 12.5. The van der Waals surface area contributed by atoms with Crippen LogP contribution in [0, 0.1) is 10.1 Å². The number of benzene rings is 2. The molecule has 0 fully saturated rings. The lowest BCUT2D eigenvalue weighted by Gasteiger charge is -2.10. The summed E-state index contributed by atoms with van der Waals surface area (Å²) in [4.78, 5) is 22.2. The van der Waals surface area contributed by atoms with Gasteiger partial charge in [0.1, 0.15) is 5.75 Å². The summed E-state index contributed by atoms with van der Waals surface area (Å²) in [6.07, 6.45) is 1.03. The number of nitro groups is 1. The second-order valence-corrected chi connectivity index (χ2v) is 5.08. The van der Waals surface area contributed by atoms with Crippen LogP contribution in [0.25, 0.3) is 0 Å². The molecular weight excluding hydrogens is 282 g/mol. The first-order valence-electron chi connectivity index (χ1n) is 7.08. The summed E-state index contributed by atoms with van der Waals surface area (Å²) in [5, 5.41) is 10.7. The Bertz CT molecular complexity index is 679. The fraction of sp³-hybridized carbons (Fsp3) is 0.235. The third-order valence-corrected chi connectivity index (χ3v) is 3.56. The number of hydrogen-bond acceptors (Lipinski definition) is 4. The Hall–Kier alpha value is -2.69. The molecule has 0 aliphatic carbocycles. The van der Waals surface area contributed by atoms with Crippen LogP contribution in [0.5, 0.6) is 5.75 Å². The van der Waals surface area contributed by atoms with E-state index >= 15 is 0 Å². The average Bonchev–Trinajstić information content (AvgIpc) is 2.54. The van der Waals surface area contributed by atoms with E-state index in [1.54, 1.807) is 12.1 Å². The second-order valence-electron chi connectivity index (χ2n) is 5.08. The van der Waals surface area contributed by atoms with Crippen molar-refractivity contribution in [2.75, 3.05) is 0 Å². The van der Waals surface area contributed by atoms with Crippen LogP contribution in [0.2, 0.25) is 0 Å². The van der Waals surface area contributed by atoms with Crippen LogP contribution in [0.4, 0.5) is 5.69 Å². The summed E-state index contributed by atoms with van der Waals surface area (Å²) < 4.78 is 5.24. The summed E-state index contributed by atoms with van der Waals surface area (Å²) in [6, 6.07) is 12.8. The predicted molar refractivity (Wildman–Crippen MR) is 83.2 cm³/mol. The van der Waals surface area contributed by atoms with Crippen LogP contribution in [-0.4, -0.2) is 10.9 Å². The van der Waals surface area contributed by atoms with E-state index in [4.69, 9.17) is 4.74 Å². The van der Waals surface area contributed by atoms with Crippen LogP contribution < -0.4 is 4.74 Å². The molecule has 2 rings (SSSR count). The largest absolute Gasteiger partial charge is 0.423 e. The van der Waals surface area contributed by atoms with E-state index in [0.717, 1.165) is 6.42 Å². The molecule has 2 aromatic rings. The Morgan fingerprint density at radius 2 is 1.91 bits per heavy atom. The number of esters is 1. The van der Waals surface area contributed by atoms with Gasteiger partial charge in [0.2, 0.25) is 0 Å². The number of rotatable bonds is 5. The molecule has 0 saturated carbocycles. The van der Waals surface area contributed by atoms with Gasteiger partial charge in [-0.3, -0.25) is 10.1 Å². The van der Waals surface area contributed by atoms with Gasteiger partial charge in [0.25, 0.3) is 5.69 Å². The number of hydrogen-bond donors (Lipinski definition) is 0. The zero-order valence-electron chi connectivity index (χ0n) is 12.5. The number of nitrogens with zero attached hydrogens (tertiary/aromatic N) is 1. The highest BCUT2D eigenvalue weighted by Gasteiger charge is 2.13. The Balaban J connectivity index is 2.12. The first-order valence-corrected chi connectivity index (χ1v) is 7.08. The maximum Gasteiger partial charge on any atom is 0.343 e. The summed E-state index contributed by atoms with van der Waals surface area (Å²) in [7, 11) is 0. The summed E-state index contributed by atoms with van der Waals surface area (Å²) in [6.45, 7) is 4.24. The smallest absolute Gasteiger partial charge is 0.343 e. The fourth-order valence-electron chi connectivity index (χ4n) is 2.01. The lowest BCUT2D eigenvalue weighted by Crippen LogP contribution is -2.08. The van der Waals surface area contributed by atoms with Gasteiger partial charge in [-0.1, -0.05) is 32.0 Å². The molecule has 0 aromatic heterocycles. The SMILES string of the molecule is CCC(C)c1ccc(OC(=O)c2cccc([N+](=O)[O-])c2)cc1.